The van der Waals surface area contributed by atoms with Gasteiger partial charge in [-0.3, -0.25) is 0 Å². The number of rotatable bonds is 5. The van der Waals surface area contributed by atoms with Crippen LogP contribution in [0.2, 0.25) is 5.02 Å². The highest BCUT2D eigenvalue weighted by atomic mass is 35.5. The zero-order chi connectivity index (χ0) is 20.1. The number of halogens is 1. The molecule has 1 aliphatic heterocycles. The minimum absolute atomic E-state index is 0.347. The van der Waals surface area contributed by atoms with Gasteiger partial charge in [-0.15, -0.1) is 0 Å². The Bertz CT molecular complexity index is 829. The number of urea groups is 1. The molecule has 1 saturated heterocycles. The number of amides is 2. The van der Waals surface area contributed by atoms with Crippen LogP contribution in [0.3, 0.4) is 0 Å². The largest absolute Gasteiger partial charge is 0.495 e. The molecule has 0 saturated carbocycles. The molecule has 7 nitrogen and oxygen atoms in total. The van der Waals surface area contributed by atoms with Crippen molar-refractivity contribution in [3.05, 3.63) is 41.4 Å². The van der Waals surface area contributed by atoms with Gasteiger partial charge in [-0.2, -0.15) is 0 Å². The summed E-state index contributed by atoms with van der Waals surface area (Å²) in [5.74, 6) is 0.858. The van der Waals surface area contributed by atoms with Gasteiger partial charge >= 0.3 is 6.03 Å². The Hall–Kier alpha value is -2.29. The Labute approximate surface area is 174 Å². The van der Waals surface area contributed by atoms with Crippen LogP contribution in [0.4, 0.5) is 21.9 Å². The van der Waals surface area contributed by atoms with Crippen LogP contribution in [0.1, 0.15) is 0 Å². The summed E-state index contributed by atoms with van der Waals surface area (Å²) in [5.41, 5.74) is 2.14. The Kier molecular flexibility index (Phi) is 6.77. The minimum Gasteiger partial charge on any atom is -0.495 e. The van der Waals surface area contributed by atoms with E-state index < -0.39 is 6.03 Å². The van der Waals surface area contributed by atoms with Crippen molar-refractivity contribution in [1.29, 1.82) is 0 Å². The second kappa shape index (κ2) is 9.27. The second-order valence-electron chi connectivity index (χ2n) is 6.05. The molecular formula is C19H22ClN3O4S. The Morgan fingerprint density at radius 2 is 1.79 bits per heavy atom. The quantitative estimate of drug-likeness (QED) is 0.709. The third-order valence-corrected chi connectivity index (χ3v) is 5.06. The predicted octanol–water partition coefficient (Wildman–Crippen LogP) is 4.08. The number of ether oxygens (including phenoxy) is 3. The lowest BCUT2D eigenvalue weighted by molar-refractivity contribution is 0.122. The van der Waals surface area contributed by atoms with Gasteiger partial charge in [0.15, 0.2) is 0 Å². The number of anilines is 3. The first-order valence-corrected chi connectivity index (χ1v) is 9.45. The van der Waals surface area contributed by atoms with Crippen molar-refractivity contribution in [2.75, 3.05) is 55.0 Å². The first-order chi connectivity index (χ1) is 13.5. The molecule has 2 aromatic carbocycles. The SMILES string of the molecule is COc1cc(OC)c(N(S)C(=O)Nc2ccc(N3CCOCC3)cc2)cc1Cl. The fourth-order valence-corrected chi connectivity index (χ4v) is 3.31. The summed E-state index contributed by atoms with van der Waals surface area (Å²) in [7, 11) is 3.00. The molecule has 2 aromatic rings. The highest BCUT2D eigenvalue weighted by Crippen LogP contribution is 2.39. The number of thiol groups is 1. The van der Waals surface area contributed by atoms with E-state index in [1.165, 1.54) is 14.2 Å². The first kappa shape index (κ1) is 20.4. The number of carbonyl (C=O) groups is 1. The average Bonchev–Trinajstić information content (AvgIpc) is 2.74. The Balaban J connectivity index is 1.71. The molecular weight excluding hydrogens is 402 g/mol. The lowest BCUT2D eigenvalue weighted by atomic mass is 10.2. The molecule has 1 N–H and O–H groups in total. The van der Waals surface area contributed by atoms with E-state index in [0.717, 1.165) is 36.3 Å². The van der Waals surface area contributed by atoms with Gasteiger partial charge < -0.3 is 24.4 Å². The maximum absolute atomic E-state index is 12.6. The van der Waals surface area contributed by atoms with Gasteiger partial charge in [0, 0.05) is 30.5 Å². The molecule has 28 heavy (non-hydrogen) atoms. The fraction of sp³-hybridized carbons (Fsp3) is 0.316. The summed E-state index contributed by atoms with van der Waals surface area (Å²) in [6.07, 6.45) is 0. The topological polar surface area (TPSA) is 63.3 Å². The molecule has 0 radical (unpaired) electrons. The lowest BCUT2D eigenvalue weighted by Gasteiger charge is -2.29. The summed E-state index contributed by atoms with van der Waals surface area (Å²) < 4.78 is 17.0. The van der Waals surface area contributed by atoms with Crippen molar-refractivity contribution < 1.29 is 19.0 Å². The molecule has 0 unspecified atom stereocenters. The van der Waals surface area contributed by atoms with Gasteiger partial charge in [0.05, 0.1) is 32.5 Å². The maximum Gasteiger partial charge on any atom is 0.336 e. The standard InChI is InChI=1S/C19H22ClN3O4S/c1-25-17-12-18(26-2)16(11-15(17)20)23(28)19(24)21-13-3-5-14(6-4-13)22-7-9-27-10-8-22/h3-6,11-12,28H,7-10H2,1-2H3,(H,21,24). The van der Waals surface area contributed by atoms with Crippen LogP contribution < -0.4 is 24.0 Å². The van der Waals surface area contributed by atoms with Crippen LogP contribution in [0.5, 0.6) is 11.5 Å². The molecule has 0 spiro atoms. The van der Waals surface area contributed by atoms with Crippen molar-refractivity contribution in [2.45, 2.75) is 0 Å². The number of morpholine rings is 1. The second-order valence-corrected chi connectivity index (χ2v) is 6.85. The summed E-state index contributed by atoms with van der Waals surface area (Å²) in [6.45, 7) is 3.15. The van der Waals surface area contributed by atoms with Crippen LogP contribution in [0, 0.1) is 0 Å². The average molecular weight is 424 g/mol. The highest BCUT2D eigenvalue weighted by Gasteiger charge is 2.20. The summed E-state index contributed by atoms with van der Waals surface area (Å²) in [4.78, 5) is 14.9. The van der Waals surface area contributed by atoms with Gasteiger partial charge in [-0.1, -0.05) is 24.4 Å². The van der Waals surface area contributed by atoms with E-state index in [9.17, 15) is 4.79 Å². The number of hydrogen-bond acceptors (Lipinski definition) is 6. The fourth-order valence-electron chi connectivity index (χ4n) is 2.87. The molecule has 1 aliphatic rings. The molecule has 3 rings (SSSR count). The van der Waals surface area contributed by atoms with Gasteiger partial charge in [-0.25, -0.2) is 9.10 Å². The van der Waals surface area contributed by atoms with Gasteiger partial charge in [0.2, 0.25) is 0 Å². The van der Waals surface area contributed by atoms with Crippen molar-refractivity contribution in [2.24, 2.45) is 0 Å². The molecule has 0 aromatic heterocycles. The summed E-state index contributed by atoms with van der Waals surface area (Å²) in [5, 5.41) is 3.15. The molecule has 1 fully saturated rings. The molecule has 2 amide bonds. The van der Waals surface area contributed by atoms with Crippen molar-refractivity contribution in [3.63, 3.8) is 0 Å². The first-order valence-electron chi connectivity index (χ1n) is 8.67. The van der Waals surface area contributed by atoms with E-state index in [2.05, 4.69) is 23.0 Å². The monoisotopic (exact) mass is 423 g/mol. The normalized spacial score (nSPS) is 13.8. The van der Waals surface area contributed by atoms with E-state index in [-0.39, 0.29) is 0 Å². The number of benzene rings is 2. The molecule has 0 aliphatic carbocycles. The highest BCUT2D eigenvalue weighted by molar-refractivity contribution is 7.82. The van der Waals surface area contributed by atoms with Crippen LogP contribution in [-0.4, -0.2) is 46.6 Å². The smallest absolute Gasteiger partial charge is 0.336 e. The van der Waals surface area contributed by atoms with E-state index in [1.807, 2.05) is 24.3 Å². The third kappa shape index (κ3) is 4.57. The van der Waals surface area contributed by atoms with Crippen LogP contribution in [0.25, 0.3) is 0 Å². The summed E-state index contributed by atoms with van der Waals surface area (Å²) >= 11 is 10.5. The van der Waals surface area contributed by atoms with Crippen molar-refractivity contribution >= 4 is 47.5 Å². The van der Waals surface area contributed by atoms with Crippen LogP contribution in [0.15, 0.2) is 36.4 Å². The number of carbonyl (C=O) groups excluding carboxylic acids is 1. The maximum atomic E-state index is 12.6. The van der Waals surface area contributed by atoms with Gasteiger partial charge in [-0.05, 0) is 30.3 Å². The molecule has 0 bridgehead atoms. The zero-order valence-corrected chi connectivity index (χ0v) is 17.3. The van der Waals surface area contributed by atoms with Crippen molar-refractivity contribution in [1.82, 2.24) is 0 Å². The number of nitrogens with zero attached hydrogens (tertiary/aromatic N) is 2. The molecule has 9 heteroatoms. The van der Waals surface area contributed by atoms with Crippen LogP contribution >= 0.6 is 24.4 Å². The summed E-state index contributed by atoms with van der Waals surface area (Å²) in [6, 6.07) is 10.4. The van der Waals surface area contributed by atoms with E-state index in [4.69, 9.17) is 25.8 Å². The number of hydrogen-bond donors (Lipinski definition) is 2. The predicted molar refractivity (Wildman–Crippen MR) is 115 cm³/mol. The molecule has 150 valence electrons. The molecule has 0 atom stereocenters. The number of methoxy groups -OCH3 is 2. The Morgan fingerprint density at radius 3 is 2.39 bits per heavy atom. The third-order valence-electron chi connectivity index (χ3n) is 4.37. The van der Waals surface area contributed by atoms with E-state index in [1.54, 1.807) is 12.1 Å². The van der Waals surface area contributed by atoms with Crippen molar-refractivity contribution in [3.8, 4) is 11.5 Å². The van der Waals surface area contributed by atoms with Crippen LogP contribution in [-0.2, 0) is 4.74 Å². The van der Waals surface area contributed by atoms with Gasteiger partial charge in [0.25, 0.3) is 0 Å². The minimum atomic E-state index is -0.443. The number of nitrogens with one attached hydrogen (secondary N) is 1. The van der Waals surface area contributed by atoms with Gasteiger partial charge in [0.1, 0.15) is 17.2 Å². The van der Waals surface area contributed by atoms with E-state index in [0.29, 0.717) is 27.9 Å². The Morgan fingerprint density at radius 1 is 1.14 bits per heavy atom. The molecule has 1 heterocycles. The lowest BCUT2D eigenvalue weighted by Crippen LogP contribution is -2.36. The van der Waals surface area contributed by atoms with E-state index >= 15 is 0 Å². The zero-order valence-electron chi connectivity index (χ0n) is 15.6.